The number of hydrogen-bond acceptors (Lipinski definition) is 1. The minimum Gasteiger partial charge on any atom is -0.481 e. The molecule has 2 nitrogen and oxygen atoms in total. The molecule has 0 fully saturated rings. The van der Waals surface area contributed by atoms with Gasteiger partial charge >= 0.3 is 12.1 Å². The van der Waals surface area contributed by atoms with E-state index in [4.69, 9.17) is 5.11 Å². The Morgan fingerprint density at radius 2 is 1.54 bits per heavy atom. The molecule has 78 valence electrons. The van der Waals surface area contributed by atoms with Crippen LogP contribution in [-0.2, 0) is 4.79 Å². The van der Waals surface area contributed by atoms with Crippen molar-refractivity contribution in [1.82, 2.24) is 0 Å². The number of alkyl halides is 6. The van der Waals surface area contributed by atoms with Crippen LogP contribution in [-0.4, -0.2) is 29.8 Å². The van der Waals surface area contributed by atoms with Gasteiger partial charge < -0.3 is 5.11 Å². The second kappa shape index (κ2) is 3.84. The van der Waals surface area contributed by atoms with E-state index in [2.05, 4.69) is 0 Å². The molecule has 0 aliphatic heterocycles. The van der Waals surface area contributed by atoms with Gasteiger partial charge in [0.15, 0.2) is 12.1 Å². The Kier molecular flexibility index (Phi) is 3.56. The quantitative estimate of drug-likeness (QED) is 0.721. The second-order valence-electron chi connectivity index (χ2n) is 2.14. The highest BCUT2D eigenvalue weighted by molar-refractivity contribution is 5.71. The van der Waals surface area contributed by atoms with E-state index in [1.807, 2.05) is 0 Å². The molecule has 0 bridgehead atoms. The first-order valence-corrected chi connectivity index (χ1v) is 2.89. The molecule has 1 N–H and O–H groups in total. The van der Waals surface area contributed by atoms with Gasteiger partial charge in [0.05, 0.1) is 0 Å². The van der Waals surface area contributed by atoms with Crippen molar-refractivity contribution in [2.24, 2.45) is 5.92 Å². The smallest absolute Gasteiger partial charge is 0.405 e. The van der Waals surface area contributed by atoms with Gasteiger partial charge in [-0.15, -0.1) is 0 Å². The van der Waals surface area contributed by atoms with Crippen molar-refractivity contribution in [3.8, 4) is 0 Å². The summed E-state index contributed by atoms with van der Waals surface area (Å²) in [7, 11) is 0. The van der Waals surface area contributed by atoms with Gasteiger partial charge in [0.2, 0.25) is 0 Å². The van der Waals surface area contributed by atoms with Crippen LogP contribution in [0.5, 0.6) is 0 Å². The van der Waals surface area contributed by atoms with E-state index in [9.17, 15) is 31.1 Å². The predicted octanol–water partition coefficient (Wildman–Crippen LogP) is 1.85. The van der Waals surface area contributed by atoms with Gasteiger partial charge in [-0.2, -0.15) is 13.2 Å². The zero-order valence-electron chi connectivity index (χ0n) is 5.86. The Morgan fingerprint density at radius 1 is 1.15 bits per heavy atom. The van der Waals surface area contributed by atoms with Crippen molar-refractivity contribution >= 4 is 5.97 Å². The largest absolute Gasteiger partial charge is 0.481 e. The molecule has 13 heavy (non-hydrogen) atoms. The van der Waals surface area contributed by atoms with Gasteiger partial charge in [-0.05, 0) is 0 Å². The average Bonchev–Trinajstić information content (AvgIpc) is 1.82. The number of hydrogen-bond donors (Lipinski definition) is 1. The van der Waals surface area contributed by atoms with Crippen molar-refractivity contribution < 1.29 is 36.2 Å². The minimum absolute atomic E-state index is 2.65. The Balaban J connectivity index is 4.72. The van der Waals surface area contributed by atoms with Gasteiger partial charge in [0.1, 0.15) is 0 Å². The zero-order chi connectivity index (χ0) is 10.8. The third kappa shape index (κ3) is 3.11. The highest BCUT2D eigenvalue weighted by atomic mass is 19.4. The highest BCUT2D eigenvalue weighted by Crippen LogP contribution is 2.33. The fourth-order valence-electron chi connectivity index (χ4n) is 0.602. The highest BCUT2D eigenvalue weighted by Gasteiger charge is 2.53. The number of carbonyl (C=O) groups is 1. The van der Waals surface area contributed by atoms with Crippen molar-refractivity contribution in [2.75, 3.05) is 0 Å². The lowest BCUT2D eigenvalue weighted by molar-refractivity contribution is -0.214. The molecule has 0 radical (unpaired) electrons. The lowest BCUT2D eigenvalue weighted by Gasteiger charge is -2.18. The normalized spacial score (nSPS) is 17.2. The number of rotatable bonds is 3. The number of halogens is 6. The summed E-state index contributed by atoms with van der Waals surface area (Å²) >= 11 is 0. The molecule has 0 spiro atoms. The van der Waals surface area contributed by atoms with Gasteiger partial charge in [0.25, 0.3) is 6.43 Å². The van der Waals surface area contributed by atoms with Gasteiger partial charge in [-0.1, -0.05) is 0 Å². The van der Waals surface area contributed by atoms with E-state index in [0.717, 1.165) is 0 Å². The fraction of sp³-hybridized carbons (Fsp3) is 0.800. The summed E-state index contributed by atoms with van der Waals surface area (Å²) in [4.78, 5) is 9.80. The number of aliphatic carboxylic acids is 1. The first-order valence-electron chi connectivity index (χ1n) is 2.89. The second-order valence-corrected chi connectivity index (χ2v) is 2.14. The van der Waals surface area contributed by atoms with Crippen LogP contribution in [0.25, 0.3) is 0 Å². The monoisotopic (exact) mass is 210 g/mol. The topological polar surface area (TPSA) is 37.3 Å². The summed E-state index contributed by atoms with van der Waals surface area (Å²) < 4.78 is 69.8. The van der Waals surface area contributed by atoms with E-state index in [0.29, 0.717) is 0 Å². The molecule has 2 atom stereocenters. The molecular formula is C5H4F6O2. The van der Waals surface area contributed by atoms with Crippen LogP contribution in [0.3, 0.4) is 0 Å². The Bertz CT molecular complexity index is 188. The molecule has 0 aromatic rings. The Hall–Kier alpha value is -0.950. The summed E-state index contributed by atoms with van der Waals surface area (Å²) in [6.07, 6.45) is -13.2. The molecule has 0 aromatic carbocycles. The van der Waals surface area contributed by atoms with E-state index >= 15 is 0 Å². The van der Waals surface area contributed by atoms with E-state index in [1.54, 1.807) is 0 Å². The number of carboxylic acid groups (broad SMARTS) is 1. The Morgan fingerprint density at radius 3 is 1.62 bits per heavy atom. The third-order valence-corrected chi connectivity index (χ3v) is 1.18. The molecule has 2 unspecified atom stereocenters. The van der Waals surface area contributed by atoms with Crippen LogP contribution in [0.1, 0.15) is 0 Å². The molecule has 0 aliphatic carbocycles. The maximum atomic E-state index is 12.1. The van der Waals surface area contributed by atoms with Crippen molar-refractivity contribution in [1.29, 1.82) is 0 Å². The van der Waals surface area contributed by atoms with Gasteiger partial charge in [-0.25, -0.2) is 13.2 Å². The van der Waals surface area contributed by atoms with Crippen molar-refractivity contribution in [3.63, 3.8) is 0 Å². The minimum atomic E-state index is -5.51. The van der Waals surface area contributed by atoms with Crippen LogP contribution < -0.4 is 0 Å². The Labute approximate surface area is 68.1 Å². The van der Waals surface area contributed by atoms with E-state index < -0.39 is 30.7 Å². The summed E-state index contributed by atoms with van der Waals surface area (Å²) in [6, 6.07) is 0. The van der Waals surface area contributed by atoms with Crippen LogP contribution in [0.15, 0.2) is 0 Å². The molecule has 0 rings (SSSR count). The van der Waals surface area contributed by atoms with Gasteiger partial charge in [-0.3, -0.25) is 4.79 Å². The molecule has 0 saturated carbocycles. The average molecular weight is 210 g/mol. The van der Waals surface area contributed by atoms with Crippen LogP contribution in [0.2, 0.25) is 0 Å². The van der Waals surface area contributed by atoms with Crippen LogP contribution in [0, 0.1) is 5.92 Å². The standard InChI is InChI=1S/C5H4F6O2/c6-2(3(7)8)1(4(12)13)5(9,10)11/h1-3H,(H,12,13). The van der Waals surface area contributed by atoms with Crippen molar-refractivity contribution in [3.05, 3.63) is 0 Å². The first-order chi connectivity index (χ1) is 5.68. The van der Waals surface area contributed by atoms with E-state index in [-0.39, 0.29) is 0 Å². The summed E-state index contributed by atoms with van der Waals surface area (Å²) in [6.45, 7) is 0. The third-order valence-electron chi connectivity index (χ3n) is 1.18. The van der Waals surface area contributed by atoms with E-state index in [1.165, 1.54) is 0 Å². The molecular weight excluding hydrogens is 206 g/mol. The van der Waals surface area contributed by atoms with Crippen LogP contribution in [0.4, 0.5) is 26.3 Å². The number of carboxylic acids is 1. The maximum Gasteiger partial charge on any atom is 0.405 e. The molecule has 0 aromatic heterocycles. The lowest BCUT2D eigenvalue weighted by atomic mass is 10.0. The molecule has 0 saturated heterocycles. The zero-order valence-corrected chi connectivity index (χ0v) is 5.86. The molecule has 0 aliphatic rings. The van der Waals surface area contributed by atoms with Crippen LogP contribution >= 0.6 is 0 Å². The molecule has 0 amide bonds. The SMILES string of the molecule is O=C(O)C(C(F)C(F)F)C(F)(F)F. The summed E-state index contributed by atoms with van der Waals surface area (Å²) in [5.41, 5.74) is 0. The fourth-order valence-corrected chi connectivity index (χ4v) is 0.602. The molecule has 0 heterocycles. The summed E-state index contributed by atoms with van der Waals surface area (Å²) in [5, 5.41) is 7.83. The molecule has 8 heteroatoms. The van der Waals surface area contributed by atoms with Gasteiger partial charge in [0, 0.05) is 0 Å². The predicted molar refractivity (Wildman–Crippen MR) is 28.1 cm³/mol. The summed E-state index contributed by atoms with van der Waals surface area (Å²) in [5.74, 6) is -6.33. The maximum absolute atomic E-state index is 12.1. The lowest BCUT2D eigenvalue weighted by Crippen LogP contribution is -2.41. The first kappa shape index (κ1) is 12.0. The van der Waals surface area contributed by atoms with Crippen molar-refractivity contribution in [2.45, 2.75) is 18.8 Å².